The van der Waals surface area contributed by atoms with Gasteiger partial charge in [0.05, 0.1) is 5.69 Å². The summed E-state index contributed by atoms with van der Waals surface area (Å²) in [6.45, 7) is 0. The Morgan fingerprint density at radius 2 is 0.914 bits per heavy atom. The molecule has 58 heavy (non-hydrogen) atoms. The molecule has 5 heteroatoms. The van der Waals surface area contributed by atoms with Crippen LogP contribution in [-0.2, 0) is 0 Å². The van der Waals surface area contributed by atoms with Crippen LogP contribution in [-0.4, -0.2) is 15.0 Å². The van der Waals surface area contributed by atoms with Gasteiger partial charge in [0.2, 0.25) is 0 Å². The van der Waals surface area contributed by atoms with E-state index >= 15 is 0 Å². The number of rotatable bonds is 7. The molecule has 0 aliphatic heterocycles. The third kappa shape index (κ3) is 5.76. The number of fused-ring (bicyclic) bond motifs is 6. The van der Waals surface area contributed by atoms with Gasteiger partial charge < -0.3 is 9.32 Å². The lowest BCUT2D eigenvalue weighted by molar-refractivity contribution is 0.673. The number of aromatic nitrogens is 3. The average molecular weight is 743 g/mol. The third-order valence-corrected chi connectivity index (χ3v) is 10.9. The highest BCUT2D eigenvalue weighted by atomic mass is 16.3. The van der Waals surface area contributed by atoms with Crippen LogP contribution in [0.3, 0.4) is 0 Å². The van der Waals surface area contributed by atoms with E-state index in [0.29, 0.717) is 17.5 Å². The molecule has 0 atom stereocenters. The summed E-state index contributed by atoms with van der Waals surface area (Å²) in [7, 11) is 0. The van der Waals surface area contributed by atoms with E-state index in [1.807, 2.05) is 72.8 Å². The van der Waals surface area contributed by atoms with Crippen LogP contribution >= 0.6 is 0 Å². The predicted octanol–water partition coefficient (Wildman–Crippen LogP) is 14.2. The van der Waals surface area contributed by atoms with Gasteiger partial charge in [-0.2, -0.15) is 0 Å². The summed E-state index contributed by atoms with van der Waals surface area (Å²) < 4.78 is 6.75. The largest absolute Gasteiger partial charge is 0.455 e. The molecule has 0 aliphatic rings. The smallest absolute Gasteiger partial charge is 0.164 e. The zero-order valence-corrected chi connectivity index (χ0v) is 31.3. The van der Waals surface area contributed by atoms with Gasteiger partial charge in [0, 0.05) is 49.6 Å². The predicted molar refractivity (Wildman–Crippen MR) is 239 cm³/mol. The first-order valence-corrected chi connectivity index (χ1v) is 19.4. The van der Waals surface area contributed by atoms with Crippen molar-refractivity contribution in [2.24, 2.45) is 0 Å². The van der Waals surface area contributed by atoms with Gasteiger partial charge >= 0.3 is 0 Å². The van der Waals surface area contributed by atoms with Gasteiger partial charge in [-0.3, -0.25) is 0 Å². The van der Waals surface area contributed by atoms with Crippen molar-refractivity contribution in [3.8, 4) is 45.3 Å². The highest BCUT2D eigenvalue weighted by Gasteiger charge is 2.21. The maximum absolute atomic E-state index is 6.75. The molecule has 0 N–H and O–H groups in total. The van der Waals surface area contributed by atoms with Crippen LogP contribution in [0, 0.1) is 0 Å². The Morgan fingerprint density at radius 3 is 1.62 bits per heavy atom. The first-order valence-electron chi connectivity index (χ1n) is 19.4. The van der Waals surface area contributed by atoms with E-state index in [0.717, 1.165) is 77.6 Å². The second-order valence-corrected chi connectivity index (χ2v) is 14.4. The molecule has 11 aromatic rings. The van der Waals surface area contributed by atoms with Crippen molar-refractivity contribution in [1.29, 1.82) is 0 Å². The average Bonchev–Trinajstić information content (AvgIpc) is 3.69. The zero-order valence-electron chi connectivity index (χ0n) is 31.3. The van der Waals surface area contributed by atoms with Crippen LogP contribution in [0.4, 0.5) is 17.1 Å². The van der Waals surface area contributed by atoms with Crippen LogP contribution < -0.4 is 4.90 Å². The quantitative estimate of drug-likeness (QED) is 0.163. The highest BCUT2D eigenvalue weighted by molar-refractivity contribution is 6.22. The fourth-order valence-electron chi connectivity index (χ4n) is 8.20. The van der Waals surface area contributed by atoms with Gasteiger partial charge in [0.15, 0.2) is 17.5 Å². The minimum Gasteiger partial charge on any atom is -0.455 e. The maximum Gasteiger partial charge on any atom is 0.164 e. The van der Waals surface area contributed by atoms with E-state index in [2.05, 4.69) is 138 Å². The van der Waals surface area contributed by atoms with Crippen molar-refractivity contribution in [3.05, 3.63) is 206 Å². The van der Waals surface area contributed by atoms with Crippen LogP contribution in [0.25, 0.3) is 88.8 Å². The van der Waals surface area contributed by atoms with Crippen LogP contribution in [0.2, 0.25) is 0 Å². The summed E-state index contributed by atoms with van der Waals surface area (Å²) >= 11 is 0. The lowest BCUT2D eigenvalue weighted by Crippen LogP contribution is -2.10. The van der Waals surface area contributed by atoms with Gasteiger partial charge in [-0.15, -0.1) is 0 Å². The van der Waals surface area contributed by atoms with Crippen molar-refractivity contribution in [1.82, 2.24) is 15.0 Å². The van der Waals surface area contributed by atoms with Crippen LogP contribution in [0.5, 0.6) is 0 Å². The molecule has 5 nitrogen and oxygen atoms in total. The van der Waals surface area contributed by atoms with Gasteiger partial charge in [-0.05, 0) is 64.4 Å². The molecular formula is C53H34N4O. The lowest BCUT2D eigenvalue weighted by atomic mass is 9.94. The lowest BCUT2D eigenvalue weighted by Gasteiger charge is -2.27. The molecule has 9 aromatic carbocycles. The minimum absolute atomic E-state index is 0.592. The molecule has 0 saturated heterocycles. The molecule has 0 amide bonds. The second kappa shape index (κ2) is 14.0. The summed E-state index contributed by atoms with van der Waals surface area (Å²) in [6, 6.07) is 71.7. The van der Waals surface area contributed by atoms with E-state index in [9.17, 15) is 0 Å². The Bertz CT molecular complexity index is 3210. The van der Waals surface area contributed by atoms with Crippen molar-refractivity contribution >= 4 is 60.5 Å². The number of hydrogen-bond donors (Lipinski definition) is 0. The molecule has 2 aromatic heterocycles. The van der Waals surface area contributed by atoms with E-state index in [-0.39, 0.29) is 0 Å². The minimum atomic E-state index is 0.592. The van der Waals surface area contributed by atoms with Gasteiger partial charge in [0.25, 0.3) is 0 Å². The van der Waals surface area contributed by atoms with Crippen molar-refractivity contribution in [2.75, 3.05) is 4.90 Å². The molecule has 0 saturated carbocycles. The summed E-state index contributed by atoms with van der Waals surface area (Å²) in [4.78, 5) is 17.5. The van der Waals surface area contributed by atoms with Crippen LogP contribution in [0.15, 0.2) is 211 Å². The number of nitrogens with zero attached hydrogens (tertiary/aromatic N) is 4. The van der Waals surface area contributed by atoms with Gasteiger partial charge in [-0.1, -0.05) is 164 Å². The molecule has 0 fully saturated rings. The highest BCUT2D eigenvalue weighted by Crippen LogP contribution is 2.44. The van der Waals surface area contributed by atoms with E-state index in [1.54, 1.807) is 0 Å². The van der Waals surface area contributed by atoms with E-state index < -0.39 is 0 Å². The molecular weight excluding hydrogens is 709 g/mol. The summed E-state index contributed by atoms with van der Waals surface area (Å²) in [6.07, 6.45) is 0. The van der Waals surface area contributed by atoms with Gasteiger partial charge in [0.1, 0.15) is 11.2 Å². The molecule has 0 unspecified atom stereocenters. The Morgan fingerprint density at radius 1 is 0.362 bits per heavy atom. The Hall–Kier alpha value is -7.89. The molecule has 2 heterocycles. The molecule has 0 aliphatic carbocycles. The topological polar surface area (TPSA) is 55.1 Å². The second-order valence-electron chi connectivity index (χ2n) is 14.4. The van der Waals surface area contributed by atoms with E-state index in [1.165, 1.54) is 10.8 Å². The first-order chi connectivity index (χ1) is 28.8. The molecule has 0 bridgehead atoms. The normalized spacial score (nSPS) is 11.4. The van der Waals surface area contributed by atoms with Crippen molar-refractivity contribution < 1.29 is 4.42 Å². The SMILES string of the molecule is c1ccc(-c2nc(-c3ccccc3)nc(-c3cccc4oc5c6ccccc6c(-c6ccc(N(c7ccccc7)c7cccc8ccccc78)cc6)cc5c34)n2)cc1. The number of anilines is 3. The first kappa shape index (κ1) is 33.4. The number of hydrogen-bond acceptors (Lipinski definition) is 5. The summed E-state index contributed by atoms with van der Waals surface area (Å²) in [5.74, 6) is 1.83. The molecule has 0 spiro atoms. The standard InChI is InChI=1S/C53H34N4O/c1-4-17-37(18-5-1)51-54-52(38-19-6-2-7-20-38)56-53(55-51)44-27-15-29-48-49(44)46-34-45(42-25-12-13-26-43(42)50(46)58-48)36-30-32-40(33-31-36)57(39-22-8-3-9-23-39)47-28-14-21-35-16-10-11-24-41(35)47/h1-34H. The number of benzene rings is 9. The molecule has 0 radical (unpaired) electrons. The molecule has 11 rings (SSSR count). The maximum atomic E-state index is 6.75. The Balaban J connectivity index is 1.10. The fraction of sp³-hybridized carbons (Fsp3) is 0. The fourth-order valence-corrected chi connectivity index (χ4v) is 8.20. The number of furan rings is 1. The third-order valence-electron chi connectivity index (χ3n) is 10.9. The van der Waals surface area contributed by atoms with Crippen molar-refractivity contribution in [3.63, 3.8) is 0 Å². The molecule has 272 valence electrons. The summed E-state index contributed by atoms with van der Waals surface area (Å²) in [5, 5.41) is 6.55. The van der Waals surface area contributed by atoms with Crippen LogP contribution in [0.1, 0.15) is 0 Å². The Labute approximate surface area is 335 Å². The monoisotopic (exact) mass is 742 g/mol. The van der Waals surface area contributed by atoms with Gasteiger partial charge in [-0.25, -0.2) is 15.0 Å². The summed E-state index contributed by atoms with van der Waals surface area (Å²) in [5.41, 5.74) is 9.89. The van der Waals surface area contributed by atoms with Crippen molar-refractivity contribution in [2.45, 2.75) is 0 Å². The zero-order chi connectivity index (χ0) is 38.4. The Kier molecular flexibility index (Phi) is 8.07. The number of para-hydroxylation sites is 1. The van der Waals surface area contributed by atoms with E-state index in [4.69, 9.17) is 19.4 Å².